The maximum atomic E-state index is 3.51. The first-order valence-corrected chi connectivity index (χ1v) is 5.14. The highest BCUT2D eigenvalue weighted by molar-refractivity contribution is 9.08. The number of hydrogen-bond acceptors (Lipinski definition) is 0. The Kier molecular flexibility index (Phi) is 1.17. The molecule has 12 heavy (non-hydrogen) atoms. The van der Waals surface area contributed by atoms with Crippen LogP contribution in [-0.2, 0) is 5.33 Å². The third-order valence-electron chi connectivity index (χ3n) is 2.54. The van der Waals surface area contributed by atoms with Gasteiger partial charge in [-0.15, -0.1) is 0 Å². The van der Waals surface area contributed by atoms with Crippen LogP contribution >= 0.6 is 15.9 Å². The monoisotopic (exact) mass is 218 g/mol. The largest absolute Gasteiger partial charge is 0.0876 e. The van der Waals surface area contributed by atoms with Crippen molar-refractivity contribution >= 4 is 33.7 Å². The minimum Gasteiger partial charge on any atom is -0.0876 e. The van der Waals surface area contributed by atoms with E-state index in [1.54, 1.807) is 0 Å². The van der Waals surface area contributed by atoms with Crippen LogP contribution in [0.2, 0.25) is 0 Å². The standard InChI is InChI=1S/C11H7Br/c12-6-9-2-1-7-5-8-3-4-10(7)11(8)9/h1-5H,6H2. The molecule has 2 aliphatic rings. The van der Waals surface area contributed by atoms with Crippen molar-refractivity contribution in [2.24, 2.45) is 0 Å². The normalized spacial score (nSPS) is 15.6. The van der Waals surface area contributed by atoms with E-state index in [1.807, 2.05) is 0 Å². The highest BCUT2D eigenvalue weighted by Crippen LogP contribution is 2.42. The van der Waals surface area contributed by atoms with E-state index in [2.05, 4.69) is 46.3 Å². The summed E-state index contributed by atoms with van der Waals surface area (Å²) in [4.78, 5) is 0. The average molecular weight is 219 g/mol. The molecule has 0 saturated heterocycles. The zero-order valence-corrected chi connectivity index (χ0v) is 8.06. The highest BCUT2D eigenvalue weighted by atomic mass is 79.9. The van der Waals surface area contributed by atoms with E-state index < -0.39 is 0 Å². The minimum atomic E-state index is 0.953. The Labute approximate surface area is 79.7 Å². The predicted octanol–water partition coefficient (Wildman–Crippen LogP) is 3.46. The molecule has 0 spiro atoms. The zero-order chi connectivity index (χ0) is 8.13. The van der Waals surface area contributed by atoms with E-state index in [0.717, 1.165) is 5.33 Å². The molecule has 0 saturated carbocycles. The Balaban J connectivity index is 2.40. The molecule has 0 radical (unpaired) electrons. The van der Waals surface area contributed by atoms with Gasteiger partial charge in [0, 0.05) is 5.33 Å². The van der Waals surface area contributed by atoms with Crippen LogP contribution in [-0.4, -0.2) is 0 Å². The SMILES string of the molecule is BrCc1ccc2c3c1C(=C2)C=C3. The lowest BCUT2D eigenvalue weighted by atomic mass is 10.0. The van der Waals surface area contributed by atoms with Crippen molar-refractivity contribution in [3.63, 3.8) is 0 Å². The molecule has 4 bridgehead atoms. The lowest BCUT2D eigenvalue weighted by Gasteiger charge is -2.02. The van der Waals surface area contributed by atoms with Gasteiger partial charge in [0.15, 0.2) is 0 Å². The summed E-state index contributed by atoms with van der Waals surface area (Å²) in [5.74, 6) is 0. The number of rotatable bonds is 1. The summed E-state index contributed by atoms with van der Waals surface area (Å²) in [6.45, 7) is 0. The summed E-state index contributed by atoms with van der Waals surface area (Å²) < 4.78 is 0. The summed E-state index contributed by atoms with van der Waals surface area (Å²) in [6.07, 6.45) is 6.67. The van der Waals surface area contributed by atoms with Crippen molar-refractivity contribution in [1.29, 1.82) is 0 Å². The second kappa shape index (κ2) is 2.11. The maximum Gasteiger partial charge on any atom is 0.0289 e. The van der Waals surface area contributed by atoms with E-state index in [0.29, 0.717) is 0 Å². The number of halogens is 1. The Morgan fingerprint density at radius 1 is 1.17 bits per heavy atom. The molecule has 0 atom stereocenters. The van der Waals surface area contributed by atoms with Gasteiger partial charge in [-0.3, -0.25) is 0 Å². The first-order valence-electron chi connectivity index (χ1n) is 4.02. The fraction of sp³-hybridized carbons (Fsp3) is 0.0909. The molecule has 2 aliphatic carbocycles. The fourth-order valence-corrected chi connectivity index (χ4v) is 2.45. The van der Waals surface area contributed by atoms with Crippen LogP contribution < -0.4 is 0 Å². The van der Waals surface area contributed by atoms with Gasteiger partial charge in [-0.05, 0) is 33.9 Å². The predicted molar refractivity (Wildman–Crippen MR) is 56.0 cm³/mol. The third-order valence-corrected chi connectivity index (χ3v) is 3.14. The molecule has 0 aromatic heterocycles. The van der Waals surface area contributed by atoms with E-state index in [4.69, 9.17) is 0 Å². The van der Waals surface area contributed by atoms with Gasteiger partial charge >= 0.3 is 0 Å². The molecule has 0 unspecified atom stereocenters. The Morgan fingerprint density at radius 3 is 2.92 bits per heavy atom. The van der Waals surface area contributed by atoms with Crippen LogP contribution in [0.15, 0.2) is 18.2 Å². The van der Waals surface area contributed by atoms with Gasteiger partial charge < -0.3 is 0 Å². The second-order valence-corrected chi connectivity index (χ2v) is 3.73. The van der Waals surface area contributed by atoms with E-state index in [-0.39, 0.29) is 0 Å². The second-order valence-electron chi connectivity index (χ2n) is 3.17. The quantitative estimate of drug-likeness (QED) is 0.634. The summed E-state index contributed by atoms with van der Waals surface area (Å²) in [5, 5.41) is 0.953. The molecular formula is C11H7Br. The van der Waals surface area contributed by atoms with Crippen molar-refractivity contribution < 1.29 is 0 Å². The van der Waals surface area contributed by atoms with Crippen molar-refractivity contribution in [2.75, 3.05) is 0 Å². The van der Waals surface area contributed by atoms with Gasteiger partial charge in [0.1, 0.15) is 0 Å². The Hall–Kier alpha value is -0.820. The smallest absolute Gasteiger partial charge is 0.0289 e. The molecule has 0 nitrogen and oxygen atoms in total. The number of benzene rings is 1. The van der Waals surface area contributed by atoms with Crippen LogP contribution in [0.25, 0.3) is 17.7 Å². The van der Waals surface area contributed by atoms with Gasteiger partial charge in [0.25, 0.3) is 0 Å². The topological polar surface area (TPSA) is 0 Å². The first kappa shape index (κ1) is 6.67. The molecule has 0 N–H and O–H groups in total. The summed E-state index contributed by atoms with van der Waals surface area (Å²) >= 11 is 3.51. The number of allylic oxidation sites excluding steroid dienone is 2. The molecule has 1 aromatic carbocycles. The molecule has 1 heteroatoms. The summed E-state index contributed by atoms with van der Waals surface area (Å²) in [6, 6.07) is 4.41. The van der Waals surface area contributed by atoms with Crippen LogP contribution in [0, 0.1) is 0 Å². The van der Waals surface area contributed by atoms with Crippen molar-refractivity contribution in [3.8, 4) is 0 Å². The van der Waals surface area contributed by atoms with Gasteiger partial charge in [-0.2, -0.15) is 0 Å². The van der Waals surface area contributed by atoms with Crippen molar-refractivity contribution in [2.45, 2.75) is 5.33 Å². The van der Waals surface area contributed by atoms with Crippen LogP contribution in [0.4, 0.5) is 0 Å². The van der Waals surface area contributed by atoms with E-state index >= 15 is 0 Å². The van der Waals surface area contributed by atoms with Crippen molar-refractivity contribution in [3.05, 3.63) is 40.5 Å². The molecule has 0 amide bonds. The molecule has 0 fully saturated rings. The maximum absolute atomic E-state index is 3.51. The van der Waals surface area contributed by atoms with Crippen LogP contribution in [0.1, 0.15) is 22.3 Å². The lowest BCUT2D eigenvalue weighted by Crippen LogP contribution is -1.86. The summed E-state index contributed by atoms with van der Waals surface area (Å²) in [7, 11) is 0. The minimum absolute atomic E-state index is 0.953. The van der Waals surface area contributed by atoms with Gasteiger partial charge in [-0.1, -0.05) is 40.2 Å². The summed E-state index contributed by atoms with van der Waals surface area (Å²) in [5.41, 5.74) is 7.04. The molecule has 0 heterocycles. The van der Waals surface area contributed by atoms with Crippen LogP contribution in [0.5, 0.6) is 0 Å². The molecule has 0 aliphatic heterocycles. The lowest BCUT2D eigenvalue weighted by molar-refractivity contribution is 1.41. The molecule has 3 rings (SSSR count). The van der Waals surface area contributed by atoms with Gasteiger partial charge in [-0.25, -0.2) is 0 Å². The number of alkyl halides is 1. The van der Waals surface area contributed by atoms with E-state index in [9.17, 15) is 0 Å². The fourth-order valence-electron chi connectivity index (χ4n) is 1.98. The third kappa shape index (κ3) is 0.632. The average Bonchev–Trinajstić information content (AvgIpc) is 2.61. The highest BCUT2D eigenvalue weighted by Gasteiger charge is 2.22. The van der Waals surface area contributed by atoms with Crippen LogP contribution in [0.3, 0.4) is 0 Å². The van der Waals surface area contributed by atoms with Gasteiger partial charge in [0.2, 0.25) is 0 Å². The number of hydrogen-bond donors (Lipinski definition) is 0. The van der Waals surface area contributed by atoms with Gasteiger partial charge in [0.05, 0.1) is 0 Å². The zero-order valence-electron chi connectivity index (χ0n) is 6.47. The first-order chi connectivity index (χ1) is 5.90. The molecule has 1 aromatic rings. The van der Waals surface area contributed by atoms with Crippen molar-refractivity contribution in [1.82, 2.24) is 0 Å². The van der Waals surface area contributed by atoms with E-state index in [1.165, 1.54) is 27.8 Å². The molecule has 58 valence electrons. The Morgan fingerprint density at radius 2 is 2.08 bits per heavy atom. The molecular weight excluding hydrogens is 212 g/mol. The Bertz CT molecular complexity index is 425.